The molecule has 0 spiro atoms. The summed E-state index contributed by atoms with van der Waals surface area (Å²) in [6.45, 7) is 4.88. The number of ether oxygens (including phenoxy) is 1. The Morgan fingerprint density at radius 3 is 2.60 bits per heavy atom. The lowest BCUT2D eigenvalue weighted by atomic mass is 10.2. The van der Waals surface area contributed by atoms with Crippen molar-refractivity contribution in [3.63, 3.8) is 0 Å². The molecule has 0 aliphatic rings. The maximum atomic E-state index is 5.68. The third-order valence-corrected chi connectivity index (χ3v) is 4.58. The molecule has 0 aliphatic carbocycles. The van der Waals surface area contributed by atoms with Gasteiger partial charge in [-0.3, -0.25) is 4.99 Å². The number of imidazole rings is 1. The van der Waals surface area contributed by atoms with E-state index < -0.39 is 0 Å². The summed E-state index contributed by atoms with van der Waals surface area (Å²) < 4.78 is 7.87. The minimum Gasteiger partial charge on any atom is -0.494 e. The Kier molecular flexibility index (Phi) is 10.2. The maximum Gasteiger partial charge on any atom is 0.191 e. The van der Waals surface area contributed by atoms with E-state index in [0.717, 1.165) is 42.6 Å². The summed E-state index contributed by atoms with van der Waals surface area (Å²) in [6, 6.07) is 18.5. The van der Waals surface area contributed by atoms with Crippen LogP contribution < -0.4 is 15.4 Å². The molecular weight excluding hydrogens is 489 g/mol. The van der Waals surface area contributed by atoms with Crippen LogP contribution in [0.3, 0.4) is 0 Å². The smallest absolute Gasteiger partial charge is 0.191 e. The fraction of sp³-hybridized carbons (Fsp3) is 0.304. The number of para-hydroxylation sites is 1. The standard InChI is InChI=1S/C23H29N5O.HI/c1-3-29-21-12-8-7-11-20(21)17-27-23(24-2)26-14-13-22-25-15-16-28(22)18-19-9-5-4-6-10-19;/h4-12,15-16H,3,13-14,17-18H2,1-2H3,(H2,24,26,27);1H. The molecule has 0 amide bonds. The molecule has 0 radical (unpaired) electrons. The zero-order chi connectivity index (χ0) is 20.3. The lowest BCUT2D eigenvalue weighted by Gasteiger charge is -2.14. The van der Waals surface area contributed by atoms with Gasteiger partial charge in [-0.25, -0.2) is 4.98 Å². The van der Waals surface area contributed by atoms with E-state index >= 15 is 0 Å². The van der Waals surface area contributed by atoms with Gasteiger partial charge in [-0.05, 0) is 18.6 Å². The van der Waals surface area contributed by atoms with E-state index in [1.54, 1.807) is 7.05 Å². The highest BCUT2D eigenvalue weighted by Gasteiger charge is 2.06. The van der Waals surface area contributed by atoms with E-state index in [2.05, 4.69) is 55.5 Å². The van der Waals surface area contributed by atoms with Crippen LogP contribution in [0.25, 0.3) is 0 Å². The molecule has 2 aromatic carbocycles. The predicted octanol–water partition coefficient (Wildman–Crippen LogP) is 3.86. The van der Waals surface area contributed by atoms with Gasteiger partial charge in [0, 0.05) is 51.1 Å². The van der Waals surface area contributed by atoms with Gasteiger partial charge in [0.2, 0.25) is 0 Å². The highest BCUT2D eigenvalue weighted by molar-refractivity contribution is 14.0. The van der Waals surface area contributed by atoms with E-state index in [-0.39, 0.29) is 24.0 Å². The lowest BCUT2D eigenvalue weighted by molar-refractivity contribution is 0.336. The number of guanidine groups is 1. The number of hydrogen-bond acceptors (Lipinski definition) is 3. The number of benzene rings is 2. The molecule has 0 saturated carbocycles. The van der Waals surface area contributed by atoms with Crippen LogP contribution in [-0.4, -0.2) is 35.7 Å². The molecule has 0 unspecified atom stereocenters. The molecule has 1 aromatic heterocycles. The summed E-state index contributed by atoms with van der Waals surface area (Å²) in [4.78, 5) is 8.82. The highest BCUT2D eigenvalue weighted by atomic mass is 127. The number of nitrogens with zero attached hydrogens (tertiary/aromatic N) is 3. The molecule has 7 heteroatoms. The molecule has 2 N–H and O–H groups in total. The normalized spacial score (nSPS) is 10.9. The lowest BCUT2D eigenvalue weighted by Crippen LogP contribution is -2.38. The van der Waals surface area contributed by atoms with Crippen molar-refractivity contribution in [1.29, 1.82) is 0 Å². The second kappa shape index (κ2) is 12.9. The summed E-state index contributed by atoms with van der Waals surface area (Å²) in [6.07, 6.45) is 4.70. The van der Waals surface area contributed by atoms with Gasteiger partial charge in [0.05, 0.1) is 6.61 Å². The van der Waals surface area contributed by atoms with Gasteiger partial charge >= 0.3 is 0 Å². The first-order chi connectivity index (χ1) is 14.3. The van der Waals surface area contributed by atoms with Crippen LogP contribution in [0.15, 0.2) is 72.0 Å². The second-order valence-corrected chi connectivity index (χ2v) is 6.60. The zero-order valence-corrected chi connectivity index (χ0v) is 19.9. The van der Waals surface area contributed by atoms with Crippen molar-refractivity contribution in [2.24, 2.45) is 4.99 Å². The molecule has 1 heterocycles. The Hall–Kier alpha value is -2.55. The topological polar surface area (TPSA) is 63.5 Å². The van der Waals surface area contributed by atoms with E-state index in [0.29, 0.717) is 13.2 Å². The van der Waals surface area contributed by atoms with E-state index in [1.165, 1.54) is 5.56 Å². The Labute approximate surface area is 195 Å². The zero-order valence-electron chi connectivity index (χ0n) is 17.5. The van der Waals surface area contributed by atoms with Crippen molar-refractivity contribution in [3.05, 3.63) is 83.9 Å². The molecule has 0 bridgehead atoms. The first-order valence-electron chi connectivity index (χ1n) is 9.99. The molecule has 3 aromatic rings. The molecule has 0 aliphatic heterocycles. The highest BCUT2D eigenvalue weighted by Crippen LogP contribution is 2.17. The molecule has 0 saturated heterocycles. The molecule has 0 fully saturated rings. The first-order valence-corrected chi connectivity index (χ1v) is 9.99. The van der Waals surface area contributed by atoms with Gasteiger partial charge < -0.3 is 19.9 Å². The van der Waals surface area contributed by atoms with Crippen LogP contribution in [0.2, 0.25) is 0 Å². The van der Waals surface area contributed by atoms with Crippen molar-refractivity contribution < 1.29 is 4.74 Å². The van der Waals surface area contributed by atoms with Crippen LogP contribution in [0.5, 0.6) is 5.75 Å². The van der Waals surface area contributed by atoms with Crippen LogP contribution in [0.1, 0.15) is 23.9 Å². The molecule has 6 nitrogen and oxygen atoms in total. The second-order valence-electron chi connectivity index (χ2n) is 6.60. The number of aromatic nitrogens is 2. The van der Waals surface area contributed by atoms with Crippen molar-refractivity contribution in [2.75, 3.05) is 20.2 Å². The van der Waals surface area contributed by atoms with Crippen LogP contribution in [0.4, 0.5) is 0 Å². The minimum atomic E-state index is 0. The monoisotopic (exact) mass is 519 g/mol. The molecule has 30 heavy (non-hydrogen) atoms. The average molecular weight is 519 g/mol. The fourth-order valence-electron chi connectivity index (χ4n) is 3.13. The van der Waals surface area contributed by atoms with Gasteiger partial charge in [-0.15, -0.1) is 24.0 Å². The number of rotatable bonds is 9. The fourth-order valence-corrected chi connectivity index (χ4v) is 3.13. The predicted molar refractivity (Wildman–Crippen MR) is 133 cm³/mol. The summed E-state index contributed by atoms with van der Waals surface area (Å²) in [5.74, 6) is 2.72. The Morgan fingerprint density at radius 2 is 1.83 bits per heavy atom. The quantitative estimate of drug-likeness (QED) is 0.256. The first kappa shape index (κ1) is 23.7. The van der Waals surface area contributed by atoms with Gasteiger partial charge in [-0.1, -0.05) is 48.5 Å². The van der Waals surface area contributed by atoms with Gasteiger partial charge in [-0.2, -0.15) is 0 Å². The Bertz CT molecular complexity index is 911. The minimum absolute atomic E-state index is 0. The molecule has 3 rings (SSSR count). The number of nitrogens with one attached hydrogen (secondary N) is 2. The van der Waals surface area contributed by atoms with Crippen molar-refractivity contribution in [2.45, 2.75) is 26.4 Å². The third-order valence-electron chi connectivity index (χ3n) is 4.58. The molecular formula is C23H30IN5O. The third kappa shape index (κ3) is 7.05. The van der Waals surface area contributed by atoms with Crippen molar-refractivity contribution in [1.82, 2.24) is 20.2 Å². The number of halogens is 1. The number of hydrogen-bond donors (Lipinski definition) is 2. The van der Waals surface area contributed by atoms with Crippen LogP contribution >= 0.6 is 24.0 Å². The Morgan fingerprint density at radius 1 is 1.07 bits per heavy atom. The van der Waals surface area contributed by atoms with Gasteiger partial charge in [0.1, 0.15) is 11.6 Å². The SMILES string of the molecule is CCOc1ccccc1CNC(=NC)NCCc1nccn1Cc1ccccc1.I. The van der Waals surface area contributed by atoms with Gasteiger partial charge in [0.15, 0.2) is 5.96 Å². The summed E-state index contributed by atoms with van der Waals surface area (Å²) in [5.41, 5.74) is 2.38. The molecule has 0 atom stereocenters. The maximum absolute atomic E-state index is 5.68. The summed E-state index contributed by atoms with van der Waals surface area (Å²) in [5, 5.41) is 6.72. The van der Waals surface area contributed by atoms with E-state index in [1.807, 2.05) is 43.6 Å². The largest absolute Gasteiger partial charge is 0.494 e. The van der Waals surface area contributed by atoms with E-state index in [4.69, 9.17) is 4.74 Å². The Balaban J connectivity index is 0.00000320. The average Bonchev–Trinajstić information content (AvgIpc) is 3.19. The molecule has 160 valence electrons. The van der Waals surface area contributed by atoms with Crippen LogP contribution in [0, 0.1) is 0 Å². The number of aliphatic imine (C=N–C) groups is 1. The summed E-state index contributed by atoms with van der Waals surface area (Å²) in [7, 11) is 1.78. The summed E-state index contributed by atoms with van der Waals surface area (Å²) >= 11 is 0. The van der Waals surface area contributed by atoms with Crippen LogP contribution in [-0.2, 0) is 19.5 Å². The van der Waals surface area contributed by atoms with E-state index in [9.17, 15) is 0 Å². The van der Waals surface area contributed by atoms with Gasteiger partial charge in [0.25, 0.3) is 0 Å². The van der Waals surface area contributed by atoms with Crippen molar-refractivity contribution >= 4 is 29.9 Å². The van der Waals surface area contributed by atoms with Crippen molar-refractivity contribution in [3.8, 4) is 5.75 Å².